The van der Waals surface area contributed by atoms with E-state index in [2.05, 4.69) is 10.6 Å². The number of hydrogen-bond donors (Lipinski definition) is 2. The summed E-state index contributed by atoms with van der Waals surface area (Å²) in [6.45, 7) is 0. The van der Waals surface area contributed by atoms with Crippen molar-refractivity contribution in [1.29, 1.82) is 5.26 Å². The number of benzene rings is 1. The SMILES string of the molecule is N#Cc1cccc(NC(=S)NC(=O)C=Cc2ccco2)c1. The van der Waals surface area contributed by atoms with Gasteiger partial charge in [-0.3, -0.25) is 10.1 Å². The molecule has 1 amide bonds. The molecule has 104 valence electrons. The Labute approximate surface area is 126 Å². The number of carbonyl (C=O) groups is 1. The highest BCUT2D eigenvalue weighted by Gasteiger charge is 2.02. The Morgan fingerprint density at radius 2 is 2.19 bits per heavy atom. The second kappa shape index (κ2) is 7.03. The second-order valence-electron chi connectivity index (χ2n) is 3.98. The largest absolute Gasteiger partial charge is 0.465 e. The van der Waals surface area contributed by atoms with E-state index in [-0.39, 0.29) is 11.0 Å². The van der Waals surface area contributed by atoms with Gasteiger partial charge in [0, 0.05) is 11.8 Å². The Bertz CT molecular complexity index is 715. The van der Waals surface area contributed by atoms with Crippen LogP contribution in [-0.4, -0.2) is 11.0 Å². The number of nitrogens with one attached hydrogen (secondary N) is 2. The number of thiocarbonyl (C=S) groups is 1. The summed E-state index contributed by atoms with van der Waals surface area (Å²) in [7, 11) is 0. The van der Waals surface area contributed by atoms with Gasteiger partial charge in [0.25, 0.3) is 0 Å². The lowest BCUT2D eigenvalue weighted by molar-refractivity contribution is -0.115. The summed E-state index contributed by atoms with van der Waals surface area (Å²) in [5.41, 5.74) is 1.14. The van der Waals surface area contributed by atoms with Crippen LogP contribution < -0.4 is 10.6 Å². The van der Waals surface area contributed by atoms with Gasteiger partial charge in [0.15, 0.2) is 5.11 Å². The lowest BCUT2D eigenvalue weighted by atomic mass is 10.2. The average Bonchev–Trinajstić information content (AvgIpc) is 2.98. The molecule has 0 saturated heterocycles. The van der Waals surface area contributed by atoms with Crippen molar-refractivity contribution >= 4 is 35.0 Å². The van der Waals surface area contributed by atoms with Gasteiger partial charge in [-0.2, -0.15) is 5.26 Å². The molecule has 5 nitrogen and oxygen atoms in total. The minimum atomic E-state index is -0.375. The quantitative estimate of drug-likeness (QED) is 0.672. The standard InChI is InChI=1S/C15H11N3O2S/c16-10-11-3-1-4-12(9-11)17-15(21)18-14(19)7-6-13-5-2-8-20-13/h1-9H,(H2,17,18,19,21). The van der Waals surface area contributed by atoms with Crippen LogP contribution in [0, 0.1) is 11.3 Å². The van der Waals surface area contributed by atoms with E-state index < -0.39 is 0 Å². The Balaban J connectivity index is 1.89. The first-order valence-corrected chi connectivity index (χ1v) is 6.42. The van der Waals surface area contributed by atoms with Gasteiger partial charge >= 0.3 is 0 Å². The summed E-state index contributed by atoms with van der Waals surface area (Å²) >= 11 is 5.02. The molecule has 6 heteroatoms. The molecular formula is C15H11N3O2S. The van der Waals surface area contributed by atoms with Gasteiger partial charge in [-0.25, -0.2) is 0 Å². The van der Waals surface area contributed by atoms with E-state index in [1.165, 1.54) is 18.4 Å². The van der Waals surface area contributed by atoms with Crippen molar-refractivity contribution in [3.05, 3.63) is 60.1 Å². The van der Waals surface area contributed by atoms with Crippen LogP contribution in [0.1, 0.15) is 11.3 Å². The van der Waals surface area contributed by atoms with Crippen LogP contribution in [0.25, 0.3) is 6.08 Å². The van der Waals surface area contributed by atoms with E-state index in [1.54, 1.807) is 36.4 Å². The fraction of sp³-hybridized carbons (Fsp3) is 0. The number of nitrogens with zero attached hydrogens (tertiary/aromatic N) is 1. The van der Waals surface area contributed by atoms with E-state index in [1.807, 2.05) is 6.07 Å². The van der Waals surface area contributed by atoms with Gasteiger partial charge in [-0.1, -0.05) is 6.07 Å². The lowest BCUT2D eigenvalue weighted by Gasteiger charge is -2.07. The zero-order chi connectivity index (χ0) is 15.1. The van der Waals surface area contributed by atoms with Crippen molar-refractivity contribution in [2.75, 3.05) is 5.32 Å². The predicted octanol–water partition coefficient (Wildman–Crippen LogP) is 2.68. The van der Waals surface area contributed by atoms with Crippen molar-refractivity contribution < 1.29 is 9.21 Å². The number of anilines is 1. The minimum absolute atomic E-state index is 0.152. The van der Waals surface area contributed by atoms with E-state index in [9.17, 15) is 4.79 Å². The molecule has 0 saturated carbocycles. The molecule has 2 aromatic rings. The highest BCUT2D eigenvalue weighted by atomic mass is 32.1. The Kier molecular flexibility index (Phi) is 4.85. The number of carbonyl (C=O) groups excluding carboxylic acids is 1. The summed E-state index contributed by atoms with van der Waals surface area (Å²) in [6.07, 6.45) is 4.37. The molecule has 1 heterocycles. The van der Waals surface area contributed by atoms with Crippen LogP contribution in [0.2, 0.25) is 0 Å². The summed E-state index contributed by atoms with van der Waals surface area (Å²) < 4.78 is 5.06. The molecule has 2 N–H and O–H groups in total. The highest BCUT2D eigenvalue weighted by Crippen LogP contribution is 2.09. The molecule has 2 rings (SSSR count). The number of amides is 1. The van der Waals surface area contributed by atoms with Crippen LogP contribution in [-0.2, 0) is 4.79 Å². The zero-order valence-electron chi connectivity index (χ0n) is 10.9. The first kappa shape index (κ1) is 14.5. The van der Waals surface area contributed by atoms with Crippen molar-refractivity contribution in [3.63, 3.8) is 0 Å². The smallest absolute Gasteiger partial charge is 0.250 e. The minimum Gasteiger partial charge on any atom is -0.465 e. The van der Waals surface area contributed by atoms with Crippen molar-refractivity contribution in [2.45, 2.75) is 0 Å². The third-order valence-corrected chi connectivity index (χ3v) is 2.63. The molecule has 0 spiro atoms. The summed E-state index contributed by atoms with van der Waals surface area (Å²) in [5.74, 6) is 0.200. The maximum absolute atomic E-state index is 11.6. The fourth-order valence-electron chi connectivity index (χ4n) is 1.53. The highest BCUT2D eigenvalue weighted by molar-refractivity contribution is 7.80. The molecule has 0 aliphatic carbocycles. The Morgan fingerprint density at radius 1 is 1.33 bits per heavy atom. The second-order valence-corrected chi connectivity index (χ2v) is 4.39. The third kappa shape index (κ3) is 4.60. The fourth-order valence-corrected chi connectivity index (χ4v) is 1.74. The maximum atomic E-state index is 11.6. The van der Waals surface area contributed by atoms with Crippen LogP contribution in [0.3, 0.4) is 0 Å². The number of nitriles is 1. The summed E-state index contributed by atoms with van der Waals surface area (Å²) in [4.78, 5) is 11.6. The molecule has 1 aromatic carbocycles. The maximum Gasteiger partial charge on any atom is 0.250 e. The molecule has 0 fully saturated rings. The number of rotatable bonds is 3. The van der Waals surface area contributed by atoms with Gasteiger partial charge in [0.1, 0.15) is 5.76 Å². The first-order valence-electron chi connectivity index (χ1n) is 6.01. The average molecular weight is 297 g/mol. The molecule has 0 bridgehead atoms. The van der Waals surface area contributed by atoms with E-state index in [0.717, 1.165) is 0 Å². The van der Waals surface area contributed by atoms with Crippen molar-refractivity contribution in [3.8, 4) is 6.07 Å². The summed E-state index contributed by atoms with van der Waals surface area (Å²) in [6, 6.07) is 12.3. The molecular weight excluding hydrogens is 286 g/mol. The monoisotopic (exact) mass is 297 g/mol. The molecule has 21 heavy (non-hydrogen) atoms. The van der Waals surface area contributed by atoms with Gasteiger partial charge in [0.05, 0.1) is 17.9 Å². The van der Waals surface area contributed by atoms with E-state index in [0.29, 0.717) is 17.0 Å². The van der Waals surface area contributed by atoms with Gasteiger partial charge in [-0.05, 0) is 48.6 Å². The lowest BCUT2D eigenvalue weighted by Crippen LogP contribution is -2.32. The normalized spacial score (nSPS) is 10.0. The van der Waals surface area contributed by atoms with Crippen LogP contribution in [0.15, 0.2) is 53.2 Å². The topological polar surface area (TPSA) is 78.1 Å². The van der Waals surface area contributed by atoms with Gasteiger partial charge in [-0.15, -0.1) is 0 Å². The summed E-state index contributed by atoms with van der Waals surface area (Å²) in [5, 5.41) is 14.3. The number of furan rings is 1. The predicted molar refractivity (Wildman–Crippen MR) is 83.3 cm³/mol. The molecule has 0 aliphatic heterocycles. The van der Waals surface area contributed by atoms with Crippen molar-refractivity contribution in [1.82, 2.24) is 5.32 Å². The zero-order valence-corrected chi connectivity index (χ0v) is 11.7. The van der Waals surface area contributed by atoms with Crippen molar-refractivity contribution in [2.24, 2.45) is 0 Å². The molecule has 0 atom stereocenters. The van der Waals surface area contributed by atoms with E-state index >= 15 is 0 Å². The Morgan fingerprint density at radius 3 is 2.90 bits per heavy atom. The third-order valence-electron chi connectivity index (χ3n) is 2.43. The number of hydrogen-bond acceptors (Lipinski definition) is 4. The molecule has 1 aromatic heterocycles. The molecule has 0 radical (unpaired) electrons. The van der Waals surface area contributed by atoms with Gasteiger partial charge < -0.3 is 9.73 Å². The first-order chi connectivity index (χ1) is 10.2. The van der Waals surface area contributed by atoms with Crippen LogP contribution in [0.5, 0.6) is 0 Å². The van der Waals surface area contributed by atoms with Gasteiger partial charge in [0.2, 0.25) is 5.91 Å². The van der Waals surface area contributed by atoms with E-state index in [4.69, 9.17) is 21.9 Å². The molecule has 0 aliphatic rings. The Hall–Kier alpha value is -2.91. The van der Waals surface area contributed by atoms with Crippen LogP contribution in [0.4, 0.5) is 5.69 Å². The molecule has 0 unspecified atom stereocenters. The van der Waals surface area contributed by atoms with Crippen LogP contribution >= 0.6 is 12.2 Å².